The lowest BCUT2D eigenvalue weighted by molar-refractivity contribution is 0.0476. The molecular formula is C41H51N9O6. The number of ether oxygens (including phenoxy) is 3. The van der Waals surface area contributed by atoms with E-state index in [-0.39, 0.29) is 18.2 Å². The maximum Gasteiger partial charge on any atom is 0.408 e. The first-order valence-electron chi connectivity index (χ1n) is 18.8. The number of nitrogens with one attached hydrogen (secondary N) is 4. The quantitative estimate of drug-likeness (QED) is 0.123. The zero-order chi connectivity index (χ0) is 39.8. The second-order valence-corrected chi connectivity index (χ2v) is 15.0. The lowest BCUT2D eigenvalue weighted by Gasteiger charge is -2.44. The number of hydrogen-bond acceptors (Lipinski definition) is 12. The van der Waals surface area contributed by atoms with E-state index < -0.39 is 35.8 Å². The summed E-state index contributed by atoms with van der Waals surface area (Å²) in [6.07, 6.45) is 1.99. The number of benzene rings is 2. The molecule has 296 valence electrons. The number of nitrogens with zero attached hydrogens (tertiary/aromatic N) is 5. The molecule has 2 aliphatic heterocycles. The number of hydrogen-bond donors (Lipinski definition) is 4. The maximum atomic E-state index is 14.4. The van der Waals surface area contributed by atoms with Gasteiger partial charge in [0.25, 0.3) is 5.91 Å². The van der Waals surface area contributed by atoms with Crippen LogP contribution in [0.4, 0.5) is 32.3 Å². The van der Waals surface area contributed by atoms with E-state index in [1.807, 2.05) is 60.4 Å². The summed E-state index contributed by atoms with van der Waals surface area (Å²) < 4.78 is 16.4. The number of piperazine rings is 1. The van der Waals surface area contributed by atoms with Gasteiger partial charge in [0.15, 0.2) is 11.6 Å². The molecule has 4 N–H and O–H groups in total. The normalized spacial score (nSPS) is 18.9. The van der Waals surface area contributed by atoms with Crippen molar-refractivity contribution in [1.82, 2.24) is 25.9 Å². The number of aromatic nitrogens is 2. The van der Waals surface area contributed by atoms with Crippen LogP contribution in [0.5, 0.6) is 0 Å². The van der Waals surface area contributed by atoms with Crippen LogP contribution in [0.1, 0.15) is 50.7 Å². The van der Waals surface area contributed by atoms with E-state index in [4.69, 9.17) is 24.2 Å². The predicted octanol–water partition coefficient (Wildman–Crippen LogP) is 5.63. The molecule has 3 unspecified atom stereocenters. The van der Waals surface area contributed by atoms with Gasteiger partial charge in [-0.1, -0.05) is 43.3 Å². The number of carbonyl (C=O) groups is 3. The van der Waals surface area contributed by atoms with E-state index in [1.165, 1.54) is 7.11 Å². The number of amides is 3. The van der Waals surface area contributed by atoms with Crippen LogP contribution in [0.25, 0.3) is 10.9 Å². The summed E-state index contributed by atoms with van der Waals surface area (Å²) in [6.45, 7) is 13.7. The summed E-state index contributed by atoms with van der Waals surface area (Å²) in [5.41, 5.74) is 3.52. The van der Waals surface area contributed by atoms with Gasteiger partial charge in [-0.05, 0) is 56.5 Å². The number of anilines is 3. The molecule has 56 heavy (non-hydrogen) atoms. The number of aliphatic imine (C=N–C) groups is 1. The highest BCUT2D eigenvalue weighted by molar-refractivity contribution is 6.09. The molecule has 3 amide bonds. The number of pyridine rings is 2. The Bertz CT molecular complexity index is 2050. The lowest BCUT2D eigenvalue weighted by atomic mass is 9.89. The smallest absolute Gasteiger partial charge is 0.408 e. The summed E-state index contributed by atoms with van der Waals surface area (Å²) in [5, 5.41) is 13.1. The van der Waals surface area contributed by atoms with Gasteiger partial charge in [0.2, 0.25) is 0 Å². The Labute approximate surface area is 327 Å². The SMILES string of the molecule is COC(=O)NC1C(C)CN(c2ccncc2NC(=O)c2nc3cc(N4CCNCC4)ccc3cc2N=C(C)OCc2ccccc2)CC1NC(=O)OC(C)(C)C. The van der Waals surface area contributed by atoms with Crippen LogP contribution in [-0.2, 0) is 20.8 Å². The summed E-state index contributed by atoms with van der Waals surface area (Å²) in [4.78, 5) is 58.0. The van der Waals surface area contributed by atoms with Crippen molar-refractivity contribution in [2.75, 3.05) is 61.5 Å². The van der Waals surface area contributed by atoms with Gasteiger partial charge >= 0.3 is 12.2 Å². The molecular weight excluding hydrogens is 715 g/mol. The summed E-state index contributed by atoms with van der Waals surface area (Å²) in [5.74, 6) is -0.266. The molecule has 0 radical (unpaired) electrons. The van der Waals surface area contributed by atoms with Crippen molar-refractivity contribution < 1.29 is 28.6 Å². The number of alkyl carbamates (subject to hydrolysis) is 2. The zero-order valence-electron chi connectivity index (χ0n) is 32.8. The molecule has 6 rings (SSSR count). The van der Waals surface area contributed by atoms with Gasteiger partial charge in [0.05, 0.1) is 48.0 Å². The largest absolute Gasteiger partial charge is 0.476 e. The molecule has 2 aromatic carbocycles. The van der Waals surface area contributed by atoms with Gasteiger partial charge in [-0.2, -0.15) is 0 Å². The third kappa shape index (κ3) is 10.2. The Hall–Kier alpha value is -5.96. The summed E-state index contributed by atoms with van der Waals surface area (Å²) >= 11 is 0. The molecule has 4 heterocycles. The Morgan fingerprint density at radius 1 is 0.964 bits per heavy atom. The Morgan fingerprint density at radius 3 is 2.46 bits per heavy atom. The molecule has 4 aromatic rings. The van der Waals surface area contributed by atoms with E-state index in [0.717, 1.165) is 42.8 Å². The monoisotopic (exact) mass is 765 g/mol. The van der Waals surface area contributed by atoms with Crippen LogP contribution in [0, 0.1) is 5.92 Å². The molecule has 0 aliphatic carbocycles. The fourth-order valence-electron chi connectivity index (χ4n) is 6.93. The van der Waals surface area contributed by atoms with Crippen molar-refractivity contribution in [3.05, 3.63) is 84.3 Å². The van der Waals surface area contributed by atoms with Crippen LogP contribution in [-0.4, -0.2) is 98.0 Å². The van der Waals surface area contributed by atoms with Crippen LogP contribution < -0.4 is 31.1 Å². The number of methoxy groups -OCH3 is 1. The molecule has 3 atom stereocenters. The fourth-order valence-corrected chi connectivity index (χ4v) is 6.93. The third-order valence-corrected chi connectivity index (χ3v) is 9.58. The average molecular weight is 766 g/mol. The van der Waals surface area contributed by atoms with Crippen molar-refractivity contribution in [2.45, 2.75) is 58.9 Å². The van der Waals surface area contributed by atoms with Gasteiger partial charge in [-0.25, -0.2) is 19.6 Å². The molecule has 2 fully saturated rings. The van der Waals surface area contributed by atoms with E-state index >= 15 is 0 Å². The van der Waals surface area contributed by atoms with Crippen LogP contribution >= 0.6 is 0 Å². The molecule has 15 nitrogen and oxygen atoms in total. The highest BCUT2D eigenvalue weighted by atomic mass is 16.6. The molecule has 0 bridgehead atoms. The second kappa shape index (κ2) is 17.7. The highest BCUT2D eigenvalue weighted by Gasteiger charge is 2.38. The van der Waals surface area contributed by atoms with Gasteiger partial charge < -0.3 is 45.3 Å². The summed E-state index contributed by atoms with van der Waals surface area (Å²) in [7, 11) is 1.29. The van der Waals surface area contributed by atoms with Gasteiger partial charge in [-0.3, -0.25) is 9.78 Å². The first-order chi connectivity index (χ1) is 26.9. The van der Waals surface area contributed by atoms with Gasteiger partial charge in [0, 0.05) is 63.5 Å². The average Bonchev–Trinajstić information content (AvgIpc) is 3.18. The molecule has 2 saturated heterocycles. The Morgan fingerprint density at radius 2 is 1.73 bits per heavy atom. The van der Waals surface area contributed by atoms with Crippen molar-refractivity contribution in [3.8, 4) is 0 Å². The number of rotatable bonds is 9. The fraction of sp³-hybridized carbons (Fsp3) is 0.415. The van der Waals surface area contributed by atoms with Crippen molar-refractivity contribution >= 4 is 57.6 Å². The first kappa shape index (κ1) is 39.7. The first-order valence-corrected chi connectivity index (χ1v) is 18.8. The lowest BCUT2D eigenvalue weighted by Crippen LogP contribution is -2.64. The highest BCUT2D eigenvalue weighted by Crippen LogP contribution is 2.32. The van der Waals surface area contributed by atoms with Crippen LogP contribution in [0.3, 0.4) is 0 Å². The van der Waals surface area contributed by atoms with Gasteiger partial charge in [-0.15, -0.1) is 0 Å². The van der Waals surface area contributed by atoms with Crippen LogP contribution in [0.2, 0.25) is 0 Å². The topological polar surface area (TPSA) is 172 Å². The van der Waals surface area contributed by atoms with E-state index in [0.29, 0.717) is 41.6 Å². The zero-order valence-corrected chi connectivity index (χ0v) is 32.8. The minimum absolute atomic E-state index is 0.117. The third-order valence-electron chi connectivity index (χ3n) is 9.58. The molecule has 0 saturated carbocycles. The Balaban J connectivity index is 1.31. The maximum absolute atomic E-state index is 14.4. The van der Waals surface area contributed by atoms with Crippen molar-refractivity contribution in [3.63, 3.8) is 0 Å². The number of fused-ring (bicyclic) bond motifs is 1. The van der Waals surface area contributed by atoms with E-state index in [2.05, 4.69) is 37.2 Å². The minimum atomic E-state index is -0.725. The Kier molecular flexibility index (Phi) is 12.5. The number of carbonyl (C=O) groups excluding carboxylic acids is 3. The van der Waals surface area contributed by atoms with Crippen LogP contribution in [0.15, 0.2) is 78.0 Å². The minimum Gasteiger partial charge on any atom is -0.476 e. The van der Waals surface area contributed by atoms with E-state index in [9.17, 15) is 14.4 Å². The molecule has 2 aromatic heterocycles. The molecule has 0 spiro atoms. The standard InChI is InChI=1S/C41H51N9O6/c1-26-23-50(24-34(36(26)48-39(52)54-6)47-40(53)56-41(3,4)5)35-14-15-43-22-33(35)46-38(51)37-32(44-27(2)55-25-28-10-8-7-9-11-28)20-29-12-13-30(21-31(29)45-37)49-18-16-42-17-19-49/h7-15,20-22,26,34,36,42H,16-19,23-25H2,1-6H3,(H,46,51)(H,47,53)(H,48,52). The predicted molar refractivity (Wildman–Crippen MR) is 217 cm³/mol. The van der Waals surface area contributed by atoms with Crippen molar-refractivity contribution in [2.24, 2.45) is 10.9 Å². The molecule has 15 heteroatoms. The molecule has 2 aliphatic rings. The second-order valence-electron chi connectivity index (χ2n) is 15.0. The van der Waals surface area contributed by atoms with E-state index in [1.54, 1.807) is 46.2 Å². The van der Waals surface area contributed by atoms with Gasteiger partial charge in [0.1, 0.15) is 12.2 Å². The summed E-state index contributed by atoms with van der Waals surface area (Å²) in [6, 6.07) is 18.5. The number of piperidine rings is 1. The van der Waals surface area contributed by atoms with Crippen molar-refractivity contribution in [1.29, 1.82) is 0 Å².